The van der Waals surface area contributed by atoms with Crippen LogP contribution < -0.4 is 25.8 Å². The lowest BCUT2D eigenvalue weighted by molar-refractivity contribution is -0.122. The Bertz CT molecular complexity index is 1200. The van der Waals surface area contributed by atoms with Crippen molar-refractivity contribution in [1.82, 2.24) is 5.32 Å². The Morgan fingerprint density at radius 3 is 2.23 bits per heavy atom. The molecule has 9 nitrogen and oxygen atoms in total. The lowest BCUT2D eigenvalue weighted by Crippen LogP contribution is -2.33. The Morgan fingerprint density at radius 2 is 1.66 bits per heavy atom. The number of nitrogens with one attached hydrogen (secondary N) is 3. The van der Waals surface area contributed by atoms with E-state index < -0.39 is 12.0 Å². The van der Waals surface area contributed by atoms with Crippen molar-refractivity contribution in [3.8, 4) is 11.5 Å². The van der Waals surface area contributed by atoms with E-state index in [0.717, 1.165) is 5.56 Å². The van der Waals surface area contributed by atoms with Crippen molar-refractivity contribution in [2.75, 3.05) is 26.6 Å². The average molecular weight is 477 g/mol. The van der Waals surface area contributed by atoms with Gasteiger partial charge in [-0.05, 0) is 47.5 Å². The van der Waals surface area contributed by atoms with Crippen LogP contribution in [0.15, 0.2) is 66.7 Å². The molecule has 5 N–H and O–H groups in total. The molecule has 3 aromatic rings. The molecule has 0 radical (unpaired) electrons. The van der Waals surface area contributed by atoms with Gasteiger partial charge in [-0.25, -0.2) is 4.79 Å². The summed E-state index contributed by atoms with van der Waals surface area (Å²) in [5.74, 6) is -0.530. The Morgan fingerprint density at radius 1 is 0.971 bits per heavy atom. The van der Waals surface area contributed by atoms with Gasteiger partial charge in [0.05, 0.1) is 21.3 Å². The largest absolute Gasteiger partial charge is 0.493 e. The van der Waals surface area contributed by atoms with Crippen molar-refractivity contribution >= 4 is 23.4 Å². The molecule has 9 heteroatoms. The van der Waals surface area contributed by atoms with Crippen LogP contribution in [0.3, 0.4) is 0 Å². The maximum Gasteiger partial charge on any atom is 0.341 e. The van der Waals surface area contributed by atoms with E-state index in [4.69, 9.17) is 25.4 Å². The van der Waals surface area contributed by atoms with E-state index in [1.54, 1.807) is 30.3 Å². The van der Waals surface area contributed by atoms with Gasteiger partial charge < -0.3 is 30.6 Å². The molecule has 0 spiro atoms. The van der Waals surface area contributed by atoms with Gasteiger partial charge in [0, 0.05) is 17.8 Å². The SMILES string of the molecule is COC(=O)c1cc(C(Nc2ccc(C(=N)N)cc2)C(=O)NCc2ccccc2)cc(OC)c1OC. The molecule has 0 aliphatic heterocycles. The van der Waals surface area contributed by atoms with Crippen LogP contribution in [0.25, 0.3) is 0 Å². The molecule has 0 aliphatic carbocycles. The van der Waals surface area contributed by atoms with E-state index in [9.17, 15) is 9.59 Å². The first-order valence-corrected chi connectivity index (χ1v) is 10.7. The van der Waals surface area contributed by atoms with Crippen molar-refractivity contribution in [3.63, 3.8) is 0 Å². The van der Waals surface area contributed by atoms with Gasteiger partial charge >= 0.3 is 5.97 Å². The van der Waals surface area contributed by atoms with Crippen LogP contribution in [0.1, 0.15) is 33.1 Å². The third-order valence-electron chi connectivity index (χ3n) is 5.32. The van der Waals surface area contributed by atoms with Crippen molar-refractivity contribution in [2.45, 2.75) is 12.6 Å². The van der Waals surface area contributed by atoms with E-state index in [2.05, 4.69) is 10.6 Å². The van der Waals surface area contributed by atoms with E-state index in [1.165, 1.54) is 27.4 Å². The lowest BCUT2D eigenvalue weighted by atomic mass is 10.0. The number of amidine groups is 1. The minimum atomic E-state index is -0.898. The predicted octanol–water partition coefficient (Wildman–Crippen LogP) is 3.24. The van der Waals surface area contributed by atoms with Gasteiger partial charge in [-0.3, -0.25) is 10.2 Å². The fourth-order valence-corrected chi connectivity index (χ4v) is 3.51. The minimum Gasteiger partial charge on any atom is -0.493 e. The summed E-state index contributed by atoms with van der Waals surface area (Å²) in [5, 5.41) is 13.7. The van der Waals surface area contributed by atoms with E-state index >= 15 is 0 Å². The summed E-state index contributed by atoms with van der Waals surface area (Å²) in [6, 6.07) is 18.6. The quantitative estimate of drug-likeness (QED) is 0.200. The molecule has 1 amide bonds. The van der Waals surface area contributed by atoms with E-state index in [0.29, 0.717) is 23.4 Å². The molecule has 3 rings (SSSR count). The number of benzene rings is 3. The number of nitrogens with two attached hydrogens (primary N) is 1. The second-order valence-corrected chi connectivity index (χ2v) is 7.57. The molecule has 35 heavy (non-hydrogen) atoms. The van der Waals surface area contributed by atoms with Crippen LogP contribution in [-0.2, 0) is 16.1 Å². The number of methoxy groups -OCH3 is 3. The van der Waals surface area contributed by atoms with Crippen molar-refractivity contribution in [2.24, 2.45) is 5.73 Å². The topological polar surface area (TPSA) is 136 Å². The molecular formula is C26H28N4O5. The zero-order chi connectivity index (χ0) is 25.4. The normalized spacial score (nSPS) is 11.2. The number of esters is 1. The summed E-state index contributed by atoms with van der Waals surface area (Å²) in [6.45, 7) is 0.318. The summed E-state index contributed by atoms with van der Waals surface area (Å²) < 4.78 is 15.7. The summed E-state index contributed by atoms with van der Waals surface area (Å²) in [7, 11) is 4.13. The molecule has 182 valence electrons. The summed E-state index contributed by atoms with van der Waals surface area (Å²) >= 11 is 0. The highest BCUT2D eigenvalue weighted by atomic mass is 16.5. The number of anilines is 1. The fourth-order valence-electron chi connectivity index (χ4n) is 3.51. The highest BCUT2D eigenvalue weighted by Crippen LogP contribution is 2.36. The monoisotopic (exact) mass is 476 g/mol. The van der Waals surface area contributed by atoms with Crippen LogP contribution in [0, 0.1) is 5.41 Å². The third kappa shape index (κ3) is 6.08. The Kier molecular flexibility index (Phi) is 8.29. The number of ether oxygens (including phenoxy) is 3. The number of amides is 1. The molecule has 1 unspecified atom stereocenters. The van der Waals surface area contributed by atoms with Gasteiger partial charge in [0.25, 0.3) is 0 Å². The van der Waals surface area contributed by atoms with Crippen molar-refractivity contribution in [1.29, 1.82) is 5.41 Å². The Hall–Kier alpha value is -4.53. The van der Waals surface area contributed by atoms with Crippen LogP contribution in [0.2, 0.25) is 0 Å². The smallest absolute Gasteiger partial charge is 0.341 e. The first kappa shape index (κ1) is 25.1. The lowest BCUT2D eigenvalue weighted by Gasteiger charge is -2.22. The highest BCUT2D eigenvalue weighted by molar-refractivity contribution is 5.96. The molecule has 0 saturated heterocycles. The number of nitrogen functional groups attached to an aromatic ring is 1. The van der Waals surface area contributed by atoms with Gasteiger partial charge in [0.2, 0.25) is 5.91 Å². The fraction of sp³-hybridized carbons (Fsp3) is 0.192. The zero-order valence-electron chi connectivity index (χ0n) is 19.8. The number of carbonyl (C=O) groups is 2. The second-order valence-electron chi connectivity index (χ2n) is 7.57. The molecule has 0 aliphatic rings. The number of rotatable bonds is 10. The molecule has 0 bridgehead atoms. The van der Waals surface area contributed by atoms with Crippen LogP contribution >= 0.6 is 0 Å². The average Bonchev–Trinajstić information content (AvgIpc) is 2.89. The van der Waals surface area contributed by atoms with Gasteiger partial charge in [0.15, 0.2) is 11.5 Å². The van der Waals surface area contributed by atoms with Gasteiger partial charge in [0.1, 0.15) is 17.4 Å². The highest BCUT2D eigenvalue weighted by Gasteiger charge is 2.26. The van der Waals surface area contributed by atoms with Crippen molar-refractivity contribution < 1.29 is 23.8 Å². The zero-order valence-corrected chi connectivity index (χ0v) is 19.8. The maximum atomic E-state index is 13.4. The van der Waals surface area contributed by atoms with Gasteiger partial charge in [-0.2, -0.15) is 0 Å². The molecule has 0 heterocycles. The molecule has 0 fully saturated rings. The third-order valence-corrected chi connectivity index (χ3v) is 5.32. The first-order chi connectivity index (χ1) is 16.9. The first-order valence-electron chi connectivity index (χ1n) is 10.7. The van der Waals surface area contributed by atoms with Crippen LogP contribution in [-0.4, -0.2) is 39.0 Å². The van der Waals surface area contributed by atoms with E-state index in [-0.39, 0.29) is 28.8 Å². The summed E-state index contributed by atoms with van der Waals surface area (Å²) in [4.78, 5) is 25.9. The molecule has 1 atom stereocenters. The predicted molar refractivity (Wildman–Crippen MR) is 133 cm³/mol. The number of hydrogen-bond donors (Lipinski definition) is 4. The molecular weight excluding hydrogens is 448 g/mol. The summed E-state index contributed by atoms with van der Waals surface area (Å²) in [5.41, 5.74) is 8.24. The molecule has 3 aromatic carbocycles. The molecule has 0 aromatic heterocycles. The van der Waals surface area contributed by atoms with Crippen molar-refractivity contribution in [3.05, 3.63) is 89.0 Å². The standard InChI is InChI=1S/C26H28N4O5/c1-33-21-14-18(13-20(23(21)34-2)26(32)35-3)22(25(31)29-15-16-7-5-4-6-8-16)30-19-11-9-17(10-12-19)24(27)28/h4-14,22,30H,15H2,1-3H3,(H3,27,28)(H,29,31). The molecule has 0 saturated carbocycles. The Labute approximate surface area is 203 Å². The summed E-state index contributed by atoms with van der Waals surface area (Å²) in [6.07, 6.45) is 0. The number of carbonyl (C=O) groups excluding carboxylic acids is 2. The Balaban J connectivity index is 2.01. The van der Waals surface area contributed by atoms with Crippen LogP contribution in [0.4, 0.5) is 5.69 Å². The number of hydrogen-bond acceptors (Lipinski definition) is 7. The van der Waals surface area contributed by atoms with Gasteiger partial charge in [-0.1, -0.05) is 30.3 Å². The maximum absolute atomic E-state index is 13.4. The minimum absolute atomic E-state index is 0.0590. The van der Waals surface area contributed by atoms with Gasteiger partial charge in [-0.15, -0.1) is 0 Å². The van der Waals surface area contributed by atoms with Crippen LogP contribution in [0.5, 0.6) is 11.5 Å². The van der Waals surface area contributed by atoms with E-state index in [1.807, 2.05) is 30.3 Å². The second kappa shape index (κ2) is 11.6.